The van der Waals surface area contributed by atoms with Crippen molar-refractivity contribution in [2.75, 3.05) is 13.2 Å². The molecule has 0 radical (unpaired) electrons. The lowest BCUT2D eigenvalue weighted by atomic mass is 9.76. The number of hydrogen-bond acceptors (Lipinski definition) is 4. The summed E-state index contributed by atoms with van der Waals surface area (Å²) < 4.78 is 10.4. The van der Waals surface area contributed by atoms with Gasteiger partial charge in [-0.25, -0.2) is 9.59 Å². The van der Waals surface area contributed by atoms with E-state index in [1.807, 2.05) is 0 Å². The monoisotopic (exact) mass is 410 g/mol. The molecule has 2 N–H and O–H groups in total. The molecule has 0 aromatic carbocycles. The van der Waals surface area contributed by atoms with Crippen LogP contribution in [0.25, 0.3) is 0 Å². The van der Waals surface area contributed by atoms with E-state index in [2.05, 4.69) is 24.5 Å². The molecule has 0 bridgehead atoms. The van der Waals surface area contributed by atoms with Crippen LogP contribution in [0.15, 0.2) is 0 Å². The van der Waals surface area contributed by atoms with Crippen molar-refractivity contribution in [1.82, 2.24) is 10.6 Å². The Morgan fingerprint density at radius 2 is 1.07 bits per heavy atom. The Kier molecular flexibility index (Phi) is 11.3. The Morgan fingerprint density at radius 3 is 1.41 bits per heavy atom. The van der Waals surface area contributed by atoms with Gasteiger partial charge in [0.25, 0.3) is 0 Å². The lowest BCUT2D eigenvalue weighted by Gasteiger charge is -2.34. The first-order chi connectivity index (χ1) is 14.1. The van der Waals surface area contributed by atoms with Crippen molar-refractivity contribution in [2.45, 2.75) is 109 Å². The van der Waals surface area contributed by atoms with E-state index < -0.39 is 0 Å². The minimum absolute atomic E-state index is 0.249. The molecule has 0 atom stereocenters. The van der Waals surface area contributed by atoms with Crippen molar-refractivity contribution < 1.29 is 19.1 Å². The standard InChI is InChI=1S/C23H42N2O4/c1-3-5-15-28-22(26)24-20-11-7-18(8-12-20)17-19-9-13-21(14-10-19)25-23(27)29-16-6-4-2/h18-21H,3-17H2,1-2H3,(H,24,26)(H,25,27). The summed E-state index contributed by atoms with van der Waals surface area (Å²) >= 11 is 0. The van der Waals surface area contributed by atoms with Crippen LogP contribution < -0.4 is 10.6 Å². The highest BCUT2D eigenvalue weighted by Crippen LogP contribution is 2.35. The maximum absolute atomic E-state index is 11.8. The van der Waals surface area contributed by atoms with Gasteiger partial charge >= 0.3 is 12.2 Å². The fourth-order valence-electron chi connectivity index (χ4n) is 4.59. The van der Waals surface area contributed by atoms with Crippen molar-refractivity contribution in [3.8, 4) is 0 Å². The number of hydrogen-bond donors (Lipinski definition) is 2. The molecule has 0 aromatic heterocycles. The van der Waals surface area contributed by atoms with Crippen LogP contribution in [0, 0.1) is 11.8 Å². The van der Waals surface area contributed by atoms with Crippen LogP contribution >= 0.6 is 0 Å². The van der Waals surface area contributed by atoms with Gasteiger partial charge in [0.2, 0.25) is 0 Å². The van der Waals surface area contributed by atoms with Gasteiger partial charge < -0.3 is 20.1 Å². The van der Waals surface area contributed by atoms with Gasteiger partial charge in [-0.05, 0) is 82.5 Å². The van der Waals surface area contributed by atoms with Gasteiger partial charge in [-0.1, -0.05) is 26.7 Å². The van der Waals surface area contributed by atoms with Gasteiger partial charge in [0.1, 0.15) is 0 Å². The number of unbranched alkanes of at least 4 members (excludes halogenated alkanes) is 2. The number of carbonyl (C=O) groups excluding carboxylic acids is 2. The van der Waals surface area contributed by atoms with Crippen molar-refractivity contribution in [3.63, 3.8) is 0 Å². The second kappa shape index (κ2) is 13.7. The normalized spacial score (nSPS) is 27.1. The van der Waals surface area contributed by atoms with Crippen LogP contribution in [0.1, 0.15) is 97.3 Å². The topological polar surface area (TPSA) is 76.7 Å². The maximum atomic E-state index is 11.8. The van der Waals surface area contributed by atoms with Gasteiger partial charge in [0.15, 0.2) is 0 Å². The summed E-state index contributed by atoms with van der Waals surface area (Å²) in [6.45, 7) is 5.22. The zero-order valence-corrected chi connectivity index (χ0v) is 18.5. The second-order valence-corrected chi connectivity index (χ2v) is 8.94. The molecule has 0 aromatic rings. The molecule has 0 aliphatic heterocycles. The molecule has 2 saturated carbocycles. The molecule has 2 aliphatic rings. The maximum Gasteiger partial charge on any atom is 0.407 e. The molecule has 0 spiro atoms. The van der Waals surface area contributed by atoms with Crippen LogP contribution in [0.2, 0.25) is 0 Å². The first-order valence-corrected chi connectivity index (χ1v) is 12.0. The second-order valence-electron chi connectivity index (χ2n) is 8.94. The van der Waals surface area contributed by atoms with Crippen LogP contribution in [0.4, 0.5) is 9.59 Å². The first kappa shape index (κ1) is 23.8. The van der Waals surface area contributed by atoms with Gasteiger partial charge in [-0.2, -0.15) is 0 Å². The van der Waals surface area contributed by atoms with E-state index in [0.717, 1.165) is 63.2 Å². The van der Waals surface area contributed by atoms with Crippen LogP contribution in [0.5, 0.6) is 0 Å². The van der Waals surface area contributed by atoms with Crippen molar-refractivity contribution >= 4 is 12.2 Å². The smallest absolute Gasteiger partial charge is 0.407 e. The minimum atomic E-state index is -0.249. The Labute approximate surface area is 176 Å². The SMILES string of the molecule is CCCCOC(=O)NC1CCC(CC2CCC(NC(=O)OCCCC)CC2)CC1. The summed E-state index contributed by atoms with van der Waals surface area (Å²) in [5.74, 6) is 1.55. The van der Waals surface area contributed by atoms with Gasteiger partial charge in [-0.3, -0.25) is 0 Å². The number of rotatable bonds is 10. The molecule has 2 fully saturated rings. The molecule has 29 heavy (non-hydrogen) atoms. The molecule has 168 valence electrons. The predicted octanol–water partition coefficient (Wildman–Crippen LogP) is 5.55. The van der Waals surface area contributed by atoms with Crippen LogP contribution in [0.3, 0.4) is 0 Å². The molecular weight excluding hydrogens is 368 g/mol. The summed E-state index contributed by atoms with van der Waals surface area (Å²) in [6.07, 6.45) is 13.8. The minimum Gasteiger partial charge on any atom is -0.450 e. The Morgan fingerprint density at radius 1 is 0.690 bits per heavy atom. The molecule has 2 aliphatic carbocycles. The highest BCUT2D eigenvalue weighted by molar-refractivity contribution is 5.67. The third-order valence-electron chi connectivity index (χ3n) is 6.47. The molecule has 0 heterocycles. The lowest BCUT2D eigenvalue weighted by Crippen LogP contribution is -2.39. The van der Waals surface area contributed by atoms with E-state index in [-0.39, 0.29) is 24.3 Å². The zero-order valence-electron chi connectivity index (χ0n) is 18.5. The lowest BCUT2D eigenvalue weighted by molar-refractivity contribution is 0.131. The van der Waals surface area contributed by atoms with E-state index in [1.165, 1.54) is 32.1 Å². The summed E-state index contributed by atoms with van der Waals surface area (Å²) in [7, 11) is 0. The predicted molar refractivity (Wildman–Crippen MR) is 115 cm³/mol. The fourth-order valence-corrected chi connectivity index (χ4v) is 4.59. The number of amides is 2. The zero-order chi connectivity index (χ0) is 20.9. The van der Waals surface area contributed by atoms with E-state index in [4.69, 9.17) is 9.47 Å². The highest BCUT2D eigenvalue weighted by atomic mass is 16.6. The molecule has 6 heteroatoms. The van der Waals surface area contributed by atoms with E-state index >= 15 is 0 Å². The molecular formula is C23H42N2O4. The average molecular weight is 411 g/mol. The number of carbonyl (C=O) groups is 2. The molecule has 2 rings (SSSR count). The van der Waals surface area contributed by atoms with Crippen molar-refractivity contribution in [3.05, 3.63) is 0 Å². The van der Waals surface area contributed by atoms with Gasteiger partial charge in [0.05, 0.1) is 13.2 Å². The highest BCUT2D eigenvalue weighted by Gasteiger charge is 2.28. The van der Waals surface area contributed by atoms with E-state index in [1.54, 1.807) is 0 Å². The third-order valence-corrected chi connectivity index (χ3v) is 6.47. The first-order valence-electron chi connectivity index (χ1n) is 12.0. The number of ether oxygens (including phenoxy) is 2. The van der Waals surface area contributed by atoms with Crippen LogP contribution in [-0.2, 0) is 9.47 Å². The third kappa shape index (κ3) is 9.72. The number of nitrogens with one attached hydrogen (secondary N) is 2. The number of alkyl carbamates (subject to hydrolysis) is 2. The summed E-state index contributed by atoms with van der Waals surface area (Å²) in [5, 5.41) is 6.06. The van der Waals surface area contributed by atoms with E-state index in [0.29, 0.717) is 13.2 Å². The van der Waals surface area contributed by atoms with Gasteiger partial charge in [0, 0.05) is 12.1 Å². The molecule has 0 unspecified atom stereocenters. The summed E-state index contributed by atoms with van der Waals surface area (Å²) in [6, 6.07) is 0.554. The largest absolute Gasteiger partial charge is 0.450 e. The van der Waals surface area contributed by atoms with Gasteiger partial charge in [-0.15, -0.1) is 0 Å². The van der Waals surface area contributed by atoms with Crippen molar-refractivity contribution in [1.29, 1.82) is 0 Å². The molecule has 2 amide bonds. The average Bonchev–Trinajstić information content (AvgIpc) is 2.71. The van der Waals surface area contributed by atoms with E-state index in [9.17, 15) is 9.59 Å². The quantitative estimate of drug-likeness (QED) is 0.463. The Balaban J connectivity index is 1.55. The van der Waals surface area contributed by atoms with Crippen molar-refractivity contribution in [2.24, 2.45) is 11.8 Å². The molecule has 6 nitrogen and oxygen atoms in total. The summed E-state index contributed by atoms with van der Waals surface area (Å²) in [5.41, 5.74) is 0. The van der Waals surface area contributed by atoms with Crippen LogP contribution in [-0.4, -0.2) is 37.5 Å². The fraction of sp³-hybridized carbons (Fsp3) is 0.913. The Bertz CT molecular complexity index is 427. The Hall–Kier alpha value is -1.46. The molecule has 0 saturated heterocycles. The summed E-state index contributed by atoms with van der Waals surface area (Å²) in [4.78, 5) is 23.6.